The first-order chi connectivity index (χ1) is 6.82. The van der Waals surface area contributed by atoms with Crippen LogP contribution < -0.4 is 5.32 Å². The first-order valence-electron chi connectivity index (χ1n) is 5.07. The molecule has 1 saturated carbocycles. The Balaban J connectivity index is 2.20. The largest absolute Gasteiger partial charge is 0.376 e. The van der Waals surface area contributed by atoms with Gasteiger partial charge in [0, 0.05) is 7.11 Å². The van der Waals surface area contributed by atoms with E-state index in [0.29, 0.717) is 6.04 Å². The van der Waals surface area contributed by atoms with Crippen LogP contribution in [0.5, 0.6) is 0 Å². The summed E-state index contributed by atoms with van der Waals surface area (Å²) in [5.41, 5.74) is 1.41. The summed E-state index contributed by atoms with van der Waals surface area (Å²) in [6, 6.07) is 2.54. The monoisotopic (exact) mass is 211 g/mol. The Morgan fingerprint density at radius 1 is 1.57 bits per heavy atom. The molecular weight excluding hydrogens is 194 g/mol. The van der Waals surface area contributed by atoms with Crippen molar-refractivity contribution in [3.8, 4) is 0 Å². The molecule has 1 aliphatic carbocycles. The van der Waals surface area contributed by atoms with Gasteiger partial charge in [0.2, 0.25) is 0 Å². The predicted molar refractivity (Wildman–Crippen MR) is 59.7 cm³/mol. The Hall–Kier alpha value is -0.380. The van der Waals surface area contributed by atoms with Crippen molar-refractivity contribution in [2.24, 2.45) is 0 Å². The SMILES string of the molecule is CNC(c1ccsc1)C1(OC)CCC1. The lowest BCUT2D eigenvalue weighted by Gasteiger charge is -2.46. The summed E-state index contributed by atoms with van der Waals surface area (Å²) in [6.45, 7) is 0. The lowest BCUT2D eigenvalue weighted by atomic mass is 9.72. The van der Waals surface area contributed by atoms with Crippen molar-refractivity contribution in [2.45, 2.75) is 30.9 Å². The Labute approximate surface area is 89.3 Å². The fraction of sp³-hybridized carbons (Fsp3) is 0.636. The lowest BCUT2D eigenvalue weighted by Crippen LogP contribution is -2.49. The minimum atomic E-state index is 0.0514. The second kappa shape index (κ2) is 4.01. The van der Waals surface area contributed by atoms with Crippen LogP contribution in [-0.2, 0) is 4.74 Å². The zero-order valence-electron chi connectivity index (χ0n) is 8.75. The van der Waals surface area contributed by atoms with Crippen molar-refractivity contribution in [3.63, 3.8) is 0 Å². The van der Waals surface area contributed by atoms with Crippen molar-refractivity contribution >= 4 is 11.3 Å². The van der Waals surface area contributed by atoms with E-state index in [2.05, 4.69) is 22.1 Å². The van der Waals surface area contributed by atoms with Crippen LogP contribution in [0.15, 0.2) is 16.8 Å². The zero-order chi connectivity index (χ0) is 10.0. The normalized spacial score (nSPS) is 21.6. The molecule has 0 aliphatic heterocycles. The van der Waals surface area contributed by atoms with Crippen LogP contribution in [-0.4, -0.2) is 19.8 Å². The molecule has 1 N–H and O–H groups in total. The number of rotatable bonds is 4. The van der Waals surface area contributed by atoms with Gasteiger partial charge >= 0.3 is 0 Å². The van der Waals surface area contributed by atoms with E-state index >= 15 is 0 Å². The molecule has 1 aromatic heterocycles. The Bertz CT molecular complexity index is 274. The second-order valence-electron chi connectivity index (χ2n) is 3.90. The minimum Gasteiger partial charge on any atom is -0.376 e. The van der Waals surface area contributed by atoms with Crippen LogP contribution in [0, 0.1) is 0 Å². The molecule has 1 fully saturated rings. The molecule has 1 aromatic rings. The molecule has 0 saturated heterocycles. The van der Waals surface area contributed by atoms with Crippen molar-refractivity contribution in [2.75, 3.05) is 14.2 Å². The summed E-state index contributed by atoms with van der Waals surface area (Å²) < 4.78 is 5.69. The quantitative estimate of drug-likeness (QED) is 0.826. The smallest absolute Gasteiger partial charge is 0.0872 e. The van der Waals surface area contributed by atoms with Gasteiger partial charge in [0.1, 0.15) is 0 Å². The van der Waals surface area contributed by atoms with Crippen LogP contribution >= 0.6 is 11.3 Å². The molecule has 0 aromatic carbocycles. The van der Waals surface area contributed by atoms with Gasteiger partial charge in [0.05, 0.1) is 11.6 Å². The van der Waals surface area contributed by atoms with E-state index in [9.17, 15) is 0 Å². The molecule has 0 radical (unpaired) electrons. The van der Waals surface area contributed by atoms with Gasteiger partial charge < -0.3 is 10.1 Å². The summed E-state index contributed by atoms with van der Waals surface area (Å²) >= 11 is 1.75. The van der Waals surface area contributed by atoms with E-state index in [1.54, 1.807) is 11.3 Å². The van der Waals surface area contributed by atoms with E-state index in [1.807, 2.05) is 14.2 Å². The molecule has 3 heteroatoms. The lowest BCUT2D eigenvalue weighted by molar-refractivity contribution is -0.0982. The number of hydrogen-bond donors (Lipinski definition) is 1. The van der Waals surface area contributed by atoms with Crippen molar-refractivity contribution < 1.29 is 4.74 Å². The van der Waals surface area contributed by atoms with E-state index in [4.69, 9.17) is 4.74 Å². The molecular formula is C11H17NOS. The molecule has 0 bridgehead atoms. The maximum absolute atomic E-state index is 5.69. The van der Waals surface area contributed by atoms with Crippen LogP contribution in [0.3, 0.4) is 0 Å². The molecule has 2 rings (SSSR count). The van der Waals surface area contributed by atoms with Crippen molar-refractivity contribution in [3.05, 3.63) is 22.4 Å². The highest BCUT2D eigenvalue weighted by atomic mass is 32.1. The summed E-state index contributed by atoms with van der Waals surface area (Å²) in [6.07, 6.45) is 3.63. The summed E-state index contributed by atoms with van der Waals surface area (Å²) in [5, 5.41) is 7.72. The Morgan fingerprint density at radius 3 is 2.71 bits per heavy atom. The fourth-order valence-electron chi connectivity index (χ4n) is 2.31. The predicted octanol–water partition coefficient (Wildman–Crippen LogP) is 2.58. The highest BCUT2D eigenvalue weighted by molar-refractivity contribution is 7.07. The van der Waals surface area contributed by atoms with Crippen LogP contribution in [0.4, 0.5) is 0 Å². The molecule has 0 spiro atoms. The number of methoxy groups -OCH3 is 1. The van der Waals surface area contributed by atoms with Gasteiger partial charge in [0.25, 0.3) is 0 Å². The standard InChI is InChI=1S/C11H17NOS/c1-12-10(9-4-7-14-8-9)11(13-2)5-3-6-11/h4,7-8,10,12H,3,5-6H2,1-2H3. The number of nitrogens with one attached hydrogen (secondary N) is 1. The maximum atomic E-state index is 5.69. The second-order valence-corrected chi connectivity index (χ2v) is 4.68. The van der Waals surface area contributed by atoms with Gasteiger partial charge in [-0.15, -0.1) is 0 Å². The summed E-state index contributed by atoms with van der Waals surface area (Å²) in [7, 11) is 3.84. The van der Waals surface area contributed by atoms with Gasteiger partial charge in [-0.05, 0) is 48.7 Å². The average Bonchev–Trinajstić information content (AvgIpc) is 2.63. The Kier molecular flexibility index (Phi) is 2.91. The molecule has 1 atom stereocenters. The van der Waals surface area contributed by atoms with Gasteiger partial charge in [-0.1, -0.05) is 0 Å². The topological polar surface area (TPSA) is 21.3 Å². The molecule has 2 nitrogen and oxygen atoms in total. The third-order valence-corrected chi connectivity index (χ3v) is 4.00. The van der Waals surface area contributed by atoms with E-state index in [0.717, 1.165) is 0 Å². The molecule has 1 aliphatic rings. The van der Waals surface area contributed by atoms with Crippen LogP contribution in [0.2, 0.25) is 0 Å². The highest BCUT2D eigenvalue weighted by Gasteiger charge is 2.44. The van der Waals surface area contributed by atoms with E-state index < -0.39 is 0 Å². The first kappa shape index (κ1) is 10.1. The average molecular weight is 211 g/mol. The van der Waals surface area contributed by atoms with Gasteiger partial charge in [-0.3, -0.25) is 0 Å². The first-order valence-corrected chi connectivity index (χ1v) is 6.01. The fourth-order valence-corrected chi connectivity index (χ4v) is 2.99. The van der Waals surface area contributed by atoms with E-state index in [-0.39, 0.29) is 5.60 Å². The van der Waals surface area contributed by atoms with Crippen molar-refractivity contribution in [1.82, 2.24) is 5.32 Å². The van der Waals surface area contributed by atoms with Crippen LogP contribution in [0.1, 0.15) is 30.9 Å². The zero-order valence-corrected chi connectivity index (χ0v) is 9.56. The number of ether oxygens (including phenoxy) is 1. The van der Waals surface area contributed by atoms with Crippen molar-refractivity contribution in [1.29, 1.82) is 0 Å². The molecule has 1 heterocycles. The Morgan fingerprint density at radius 2 is 2.36 bits per heavy atom. The van der Waals surface area contributed by atoms with Gasteiger partial charge in [-0.25, -0.2) is 0 Å². The number of thiophene rings is 1. The third-order valence-electron chi connectivity index (χ3n) is 3.30. The minimum absolute atomic E-state index is 0.0514. The molecule has 14 heavy (non-hydrogen) atoms. The van der Waals surface area contributed by atoms with Gasteiger partial charge in [-0.2, -0.15) is 11.3 Å². The van der Waals surface area contributed by atoms with E-state index in [1.165, 1.54) is 24.8 Å². The van der Waals surface area contributed by atoms with Gasteiger partial charge in [0.15, 0.2) is 0 Å². The highest BCUT2D eigenvalue weighted by Crippen LogP contribution is 2.44. The molecule has 1 unspecified atom stereocenters. The molecule has 0 amide bonds. The molecule has 78 valence electrons. The maximum Gasteiger partial charge on any atom is 0.0872 e. The summed E-state index contributed by atoms with van der Waals surface area (Å²) in [4.78, 5) is 0. The third kappa shape index (κ3) is 1.49. The number of hydrogen-bond acceptors (Lipinski definition) is 3. The van der Waals surface area contributed by atoms with Crippen LogP contribution in [0.25, 0.3) is 0 Å². The summed E-state index contributed by atoms with van der Waals surface area (Å²) in [5.74, 6) is 0. The number of likely N-dealkylation sites (N-methyl/N-ethyl adjacent to an activating group) is 1.